The SMILES string of the molecule is O=CC(Br)C1CN(C(=O)O)CCO1. The van der Waals surface area contributed by atoms with E-state index in [2.05, 4.69) is 15.9 Å². The molecule has 1 amide bonds. The zero-order valence-corrected chi connectivity index (χ0v) is 8.44. The van der Waals surface area contributed by atoms with Gasteiger partial charge in [0.1, 0.15) is 6.29 Å². The molecule has 0 aromatic heterocycles. The minimum absolute atomic E-state index is 0.240. The largest absolute Gasteiger partial charge is 0.465 e. The first kappa shape index (κ1) is 10.5. The summed E-state index contributed by atoms with van der Waals surface area (Å²) in [5.74, 6) is 0. The van der Waals surface area contributed by atoms with E-state index in [1.165, 1.54) is 4.90 Å². The number of aldehydes is 1. The van der Waals surface area contributed by atoms with Crippen LogP contribution < -0.4 is 0 Å². The number of nitrogens with zero attached hydrogens (tertiary/aromatic N) is 1. The Labute approximate surface area is 83.8 Å². The summed E-state index contributed by atoms with van der Waals surface area (Å²) in [6.45, 7) is 0.946. The fourth-order valence-electron chi connectivity index (χ4n) is 1.13. The van der Waals surface area contributed by atoms with Gasteiger partial charge in [-0.15, -0.1) is 0 Å². The maximum atomic E-state index is 10.6. The van der Waals surface area contributed by atoms with Gasteiger partial charge in [0.15, 0.2) is 0 Å². The molecule has 0 saturated carbocycles. The van der Waals surface area contributed by atoms with Crippen molar-refractivity contribution in [2.75, 3.05) is 19.7 Å². The minimum atomic E-state index is -0.973. The lowest BCUT2D eigenvalue weighted by Gasteiger charge is -2.31. The number of morpholine rings is 1. The summed E-state index contributed by atoms with van der Waals surface area (Å²) in [6.07, 6.45) is -0.642. The quantitative estimate of drug-likeness (QED) is 0.568. The Morgan fingerprint density at radius 1 is 1.77 bits per heavy atom. The Morgan fingerprint density at radius 2 is 2.46 bits per heavy atom. The van der Waals surface area contributed by atoms with E-state index in [0.29, 0.717) is 19.4 Å². The van der Waals surface area contributed by atoms with Crippen LogP contribution >= 0.6 is 15.9 Å². The Hall–Kier alpha value is -0.620. The number of halogens is 1. The van der Waals surface area contributed by atoms with E-state index in [-0.39, 0.29) is 12.6 Å². The second-order valence-electron chi connectivity index (χ2n) is 2.72. The highest BCUT2D eigenvalue weighted by Gasteiger charge is 2.28. The predicted molar refractivity (Wildman–Crippen MR) is 48.1 cm³/mol. The molecule has 1 heterocycles. The average molecular weight is 252 g/mol. The molecule has 0 bridgehead atoms. The smallest absolute Gasteiger partial charge is 0.407 e. The van der Waals surface area contributed by atoms with Gasteiger partial charge in [-0.1, -0.05) is 15.9 Å². The summed E-state index contributed by atoms with van der Waals surface area (Å²) < 4.78 is 5.23. The van der Waals surface area contributed by atoms with Crippen molar-refractivity contribution in [3.05, 3.63) is 0 Å². The lowest BCUT2D eigenvalue weighted by atomic mass is 10.2. The number of rotatable bonds is 2. The van der Waals surface area contributed by atoms with Gasteiger partial charge < -0.3 is 19.5 Å². The molecule has 2 atom stereocenters. The highest BCUT2D eigenvalue weighted by Crippen LogP contribution is 2.13. The standard InChI is InChI=1S/C7H10BrNO4/c8-5(4-10)6-3-9(7(11)12)1-2-13-6/h4-6H,1-3H2,(H,11,12). The molecule has 0 spiro atoms. The van der Waals surface area contributed by atoms with Crippen LogP contribution in [-0.4, -0.2) is 53.0 Å². The molecule has 0 aromatic rings. The Balaban J connectivity index is 2.50. The summed E-state index contributed by atoms with van der Waals surface area (Å²) in [4.78, 5) is 21.8. The lowest BCUT2D eigenvalue weighted by Crippen LogP contribution is -2.48. The molecule has 74 valence electrons. The van der Waals surface area contributed by atoms with Crippen molar-refractivity contribution in [2.45, 2.75) is 10.9 Å². The van der Waals surface area contributed by atoms with Crippen molar-refractivity contribution < 1.29 is 19.4 Å². The van der Waals surface area contributed by atoms with Gasteiger partial charge in [0.2, 0.25) is 0 Å². The topological polar surface area (TPSA) is 66.8 Å². The zero-order chi connectivity index (χ0) is 9.84. The molecule has 1 aliphatic heterocycles. The fraction of sp³-hybridized carbons (Fsp3) is 0.714. The van der Waals surface area contributed by atoms with Gasteiger partial charge in [0.25, 0.3) is 0 Å². The van der Waals surface area contributed by atoms with Crippen molar-refractivity contribution in [1.29, 1.82) is 0 Å². The van der Waals surface area contributed by atoms with E-state index in [4.69, 9.17) is 9.84 Å². The summed E-state index contributed by atoms with van der Waals surface area (Å²) in [5.41, 5.74) is 0. The van der Waals surface area contributed by atoms with Crippen molar-refractivity contribution in [1.82, 2.24) is 4.90 Å². The summed E-state index contributed by atoms with van der Waals surface area (Å²) in [6, 6.07) is 0. The van der Waals surface area contributed by atoms with Crippen LogP contribution in [0.4, 0.5) is 4.79 Å². The lowest BCUT2D eigenvalue weighted by molar-refractivity contribution is -0.111. The normalized spacial score (nSPS) is 25.3. The summed E-state index contributed by atoms with van der Waals surface area (Å²) >= 11 is 3.10. The van der Waals surface area contributed by atoms with Crippen LogP contribution in [0, 0.1) is 0 Å². The molecule has 1 N–H and O–H groups in total. The highest BCUT2D eigenvalue weighted by atomic mass is 79.9. The molecule has 1 aliphatic rings. The number of ether oxygens (including phenoxy) is 1. The van der Waals surface area contributed by atoms with E-state index in [1.807, 2.05) is 0 Å². The number of carbonyl (C=O) groups is 2. The van der Waals surface area contributed by atoms with Crippen LogP contribution in [0.25, 0.3) is 0 Å². The van der Waals surface area contributed by atoms with Gasteiger partial charge in [0.05, 0.1) is 24.1 Å². The van der Waals surface area contributed by atoms with Crippen molar-refractivity contribution in [3.63, 3.8) is 0 Å². The van der Waals surface area contributed by atoms with Gasteiger partial charge in [0, 0.05) is 6.54 Å². The Morgan fingerprint density at radius 3 is 3.00 bits per heavy atom. The molecule has 0 radical (unpaired) electrons. The van der Waals surface area contributed by atoms with Gasteiger partial charge in [-0.25, -0.2) is 4.79 Å². The van der Waals surface area contributed by atoms with E-state index in [9.17, 15) is 9.59 Å². The van der Waals surface area contributed by atoms with Crippen LogP contribution in [0.5, 0.6) is 0 Å². The van der Waals surface area contributed by atoms with Crippen molar-refractivity contribution >= 4 is 28.3 Å². The third kappa shape index (κ3) is 2.67. The number of carboxylic acid groups (broad SMARTS) is 1. The van der Waals surface area contributed by atoms with Crippen LogP contribution in [0.2, 0.25) is 0 Å². The first-order valence-corrected chi connectivity index (χ1v) is 4.75. The van der Waals surface area contributed by atoms with Gasteiger partial charge in [-0.2, -0.15) is 0 Å². The molecule has 1 rings (SSSR count). The van der Waals surface area contributed by atoms with E-state index < -0.39 is 10.9 Å². The van der Waals surface area contributed by atoms with Gasteiger partial charge in [-0.05, 0) is 0 Å². The third-order valence-electron chi connectivity index (χ3n) is 1.85. The maximum Gasteiger partial charge on any atom is 0.407 e. The molecular weight excluding hydrogens is 242 g/mol. The molecule has 2 unspecified atom stereocenters. The Bertz CT molecular complexity index is 211. The van der Waals surface area contributed by atoms with Crippen LogP contribution in [0.1, 0.15) is 0 Å². The number of carbonyl (C=O) groups excluding carboxylic acids is 1. The Kier molecular flexibility index (Phi) is 3.68. The maximum absolute atomic E-state index is 10.6. The fourth-order valence-corrected chi connectivity index (χ4v) is 1.45. The molecule has 1 saturated heterocycles. The molecule has 13 heavy (non-hydrogen) atoms. The van der Waals surface area contributed by atoms with Crippen LogP contribution in [0.15, 0.2) is 0 Å². The first-order valence-electron chi connectivity index (χ1n) is 3.84. The molecule has 6 heteroatoms. The minimum Gasteiger partial charge on any atom is -0.465 e. The zero-order valence-electron chi connectivity index (χ0n) is 6.85. The van der Waals surface area contributed by atoms with Crippen molar-refractivity contribution in [3.8, 4) is 0 Å². The molecule has 0 aromatic carbocycles. The third-order valence-corrected chi connectivity index (χ3v) is 2.65. The highest BCUT2D eigenvalue weighted by molar-refractivity contribution is 9.10. The number of amides is 1. The van der Waals surface area contributed by atoms with E-state index in [1.54, 1.807) is 0 Å². The van der Waals surface area contributed by atoms with E-state index >= 15 is 0 Å². The number of alkyl halides is 1. The van der Waals surface area contributed by atoms with Crippen LogP contribution in [0.3, 0.4) is 0 Å². The summed E-state index contributed by atoms with van der Waals surface area (Å²) in [7, 11) is 0. The second-order valence-corrected chi connectivity index (χ2v) is 3.78. The second kappa shape index (κ2) is 4.57. The molecule has 1 fully saturated rings. The van der Waals surface area contributed by atoms with Gasteiger partial charge >= 0.3 is 6.09 Å². The van der Waals surface area contributed by atoms with Gasteiger partial charge in [-0.3, -0.25) is 0 Å². The monoisotopic (exact) mass is 251 g/mol. The van der Waals surface area contributed by atoms with Crippen molar-refractivity contribution in [2.24, 2.45) is 0 Å². The molecule has 5 nitrogen and oxygen atoms in total. The average Bonchev–Trinajstić information content (AvgIpc) is 2.17. The first-order chi connectivity index (χ1) is 6.15. The van der Waals surface area contributed by atoms with E-state index in [0.717, 1.165) is 0 Å². The molecular formula is C7H10BrNO4. The van der Waals surface area contributed by atoms with Crippen LogP contribution in [-0.2, 0) is 9.53 Å². The molecule has 0 aliphatic carbocycles. The predicted octanol–water partition coefficient (Wildman–Crippen LogP) is 0.328. The number of hydrogen-bond acceptors (Lipinski definition) is 3. The summed E-state index contributed by atoms with van der Waals surface area (Å²) in [5, 5.41) is 8.68. The number of hydrogen-bond donors (Lipinski definition) is 1.